The summed E-state index contributed by atoms with van der Waals surface area (Å²) in [6.45, 7) is 4.99. The molecule has 39 heavy (non-hydrogen) atoms. The fraction of sp³-hybridized carbons (Fsp3) is 0.310. The van der Waals surface area contributed by atoms with Crippen molar-refractivity contribution in [2.45, 2.75) is 50.7 Å². The molecule has 0 radical (unpaired) electrons. The van der Waals surface area contributed by atoms with Crippen molar-refractivity contribution >= 4 is 39.1 Å². The molecule has 8 nitrogen and oxygen atoms in total. The van der Waals surface area contributed by atoms with E-state index in [9.17, 15) is 18.0 Å². The zero-order valence-corrected chi connectivity index (χ0v) is 24.1. The quantitative estimate of drug-likeness (QED) is 0.334. The van der Waals surface area contributed by atoms with Crippen LogP contribution in [0.15, 0.2) is 83.8 Å². The lowest BCUT2D eigenvalue weighted by Crippen LogP contribution is -2.52. The van der Waals surface area contributed by atoms with Crippen LogP contribution in [0.2, 0.25) is 5.02 Å². The van der Waals surface area contributed by atoms with Crippen molar-refractivity contribution in [3.05, 3.63) is 89.4 Å². The molecule has 10 heteroatoms. The van der Waals surface area contributed by atoms with Gasteiger partial charge in [-0.25, -0.2) is 8.42 Å². The number of carbonyl (C=O) groups excluding carboxylic acids is 2. The highest BCUT2D eigenvalue weighted by Gasteiger charge is 2.33. The molecule has 3 rings (SSSR count). The van der Waals surface area contributed by atoms with Crippen molar-refractivity contribution in [3.8, 4) is 5.75 Å². The van der Waals surface area contributed by atoms with E-state index < -0.39 is 28.5 Å². The minimum absolute atomic E-state index is 0.0236. The average molecular weight is 572 g/mol. The Labute approximate surface area is 235 Å². The number of carbonyl (C=O) groups is 2. The second kappa shape index (κ2) is 13.5. The molecule has 0 aliphatic rings. The standard InChI is InChI=1S/C29H34ClN3O5S/c1-5-21(2)31-29(35)22(3)32(19-23-15-17-24(30)18-16-23)28(34)20-33(26-13-9-10-14-27(26)38-4)39(36,37)25-11-7-6-8-12-25/h6-18,21-22H,5,19-20H2,1-4H3,(H,31,35)/t21-,22-/m0/s1. The maximum absolute atomic E-state index is 14.0. The largest absolute Gasteiger partial charge is 0.495 e. The Kier molecular flexibility index (Phi) is 10.4. The predicted octanol–water partition coefficient (Wildman–Crippen LogP) is 4.88. The van der Waals surface area contributed by atoms with E-state index in [4.69, 9.17) is 16.3 Å². The molecule has 3 aromatic carbocycles. The molecule has 0 heterocycles. The number of ether oxygens (including phenoxy) is 1. The molecule has 0 unspecified atom stereocenters. The van der Waals surface area contributed by atoms with Crippen molar-refractivity contribution in [2.24, 2.45) is 0 Å². The van der Waals surface area contributed by atoms with Crippen LogP contribution in [0.25, 0.3) is 0 Å². The number of hydrogen-bond donors (Lipinski definition) is 1. The number of methoxy groups -OCH3 is 1. The number of para-hydroxylation sites is 2. The van der Waals surface area contributed by atoms with E-state index in [0.717, 1.165) is 16.3 Å². The van der Waals surface area contributed by atoms with Gasteiger partial charge in [0, 0.05) is 17.6 Å². The summed E-state index contributed by atoms with van der Waals surface area (Å²) in [5, 5.41) is 3.45. The fourth-order valence-electron chi connectivity index (χ4n) is 3.90. The Morgan fingerprint density at radius 2 is 1.56 bits per heavy atom. The monoisotopic (exact) mass is 571 g/mol. The fourth-order valence-corrected chi connectivity index (χ4v) is 5.48. The second-order valence-electron chi connectivity index (χ2n) is 9.14. The number of nitrogens with one attached hydrogen (secondary N) is 1. The number of sulfonamides is 1. The number of anilines is 1. The summed E-state index contributed by atoms with van der Waals surface area (Å²) in [6.07, 6.45) is 0.723. The Balaban J connectivity index is 2.04. The van der Waals surface area contributed by atoms with Crippen molar-refractivity contribution in [1.82, 2.24) is 10.2 Å². The van der Waals surface area contributed by atoms with Crippen molar-refractivity contribution in [2.75, 3.05) is 18.0 Å². The molecule has 3 aromatic rings. The third kappa shape index (κ3) is 7.52. The molecule has 2 atom stereocenters. The molecule has 0 saturated carbocycles. The van der Waals surface area contributed by atoms with Gasteiger partial charge >= 0.3 is 0 Å². The van der Waals surface area contributed by atoms with E-state index in [1.54, 1.807) is 73.7 Å². The van der Waals surface area contributed by atoms with Crippen LogP contribution in [-0.2, 0) is 26.2 Å². The van der Waals surface area contributed by atoms with Gasteiger partial charge in [-0.15, -0.1) is 0 Å². The highest BCUT2D eigenvalue weighted by atomic mass is 35.5. The third-order valence-corrected chi connectivity index (χ3v) is 8.42. The lowest BCUT2D eigenvalue weighted by Gasteiger charge is -2.32. The minimum atomic E-state index is -4.17. The first-order chi connectivity index (χ1) is 18.6. The summed E-state index contributed by atoms with van der Waals surface area (Å²) in [5.74, 6) is -0.597. The zero-order chi connectivity index (χ0) is 28.6. The van der Waals surface area contributed by atoms with Gasteiger partial charge in [-0.2, -0.15) is 0 Å². The van der Waals surface area contributed by atoms with Crippen LogP contribution >= 0.6 is 11.6 Å². The van der Waals surface area contributed by atoms with Gasteiger partial charge in [0.2, 0.25) is 11.8 Å². The first-order valence-electron chi connectivity index (χ1n) is 12.6. The van der Waals surface area contributed by atoms with E-state index in [0.29, 0.717) is 5.02 Å². The highest BCUT2D eigenvalue weighted by molar-refractivity contribution is 7.92. The number of hydrogen-bond acceptors (Lipinski definition) is 5. The second-order valence-corrected chi connectivity index (χ2v) is 11.4. The minimum Gasteiger partial charge on any atom is -0.495 e. The van der Waals surface area contributed by atoms with E-state index in [2.05, 4.69) is 5.32 Å². The van der Waals surface area contributed by atoms with Crippen LogP contribution in [0.1, 0.15) is 32.8 Å². The van der Waals surface area contributed by atoms with E-state index in [1.165, 1.54) is 24.1 Å². The summed E-state index contributed by atoms with van der Waals surface area (Å²) in [7, 11) is -2.74. The predicted molar refractivity (Wildman–Crippen MR) is 153 cm³/mol. The van der Waals surface area contributed by atoms with Crippen LogP contribution in [0.4, 0.5) is 5.69 Å². The van der Waals surface area contributed by atoms with Crippen LogP contribution < -0.4 is 14.4 Å². The van der Waals surface area contributed by atoms with Gasteiger partial charge in [0.1, 0.15) is 18.3 Å². The number of nitrogens with zero attached hydrogens (tertiary/aromatic N) is 2. The van der Waals surface area contributed by atoms with Gasteiger partial charge in [-0.3, -0.25) is 13.9 Å². The Morgan fingerprint density at radius 1 is 0.949 bits per heavy atom. The molecule has 2 amide bonds. The smallest absolute Gasteiger partial charge is 0.264 e. The lowest BCUT2D eigenvalue weighted by molar-refractivity contribution is -0.139. The van der Waals surface area contributed by atoms with E-state index >= 15 is 0 Å². The van der Waals surface area contributed by atoms with Crippen LogP contribution in [-0.4, -0.2) is 50.9 Å². The maximum Gasteiger partial charge on any atom is 0.264 e. The molecular formula is C29H34ClN3O5S. The highest BCUT2D eigenvalue weighted by Crippen LogP contribution is 2.32. The molecular weight excluding hydrogens is 538 g/mol. The van der Waals surface area contributed by atoms with Crippen molar-refractivity contribution in [3.63, 3.8) is 0 Å². The Hall–Kier alpha value is -3.56. The van der Waals surface area contributed by atoms with Crippen LogP contribution in [0.3, 0.4) is 0 Å². The van der Waals surface area contributed by atoms with Crippen molar-refractivity contribution < 1.29 is 22.7 Å². The molecule has 0 bridgehead atoms. The first kappa shape index (κ1) is 30.0. The Morgan fingerprint density at radius 3 is 2.18 bits per heavy atom. The summed E-state index contributed by atoms with van der Waals surface area (Å²) >= 11 is 6.04. The number of benzene rings is 3. The molecule has 0 saturated heterocycles. The number of rotatable bonds is 12. The molecule has 0 spiro atoms. The summed E-state index contributed by atoms with van der Waals surface area (Å²) in [6, 6.07) is 20.4. The molecule has 0 aliphatic carbocycles. The van der Waals surface area contributed by atoms with Gasteiger partial charge in [0.05, 0.1) is 17.7 Å². The molecule has 1 N–H and O–H groups in total. The van der Waals surface area contributed by atoms with E-state index in [1.807, 2.05) is 13.8 Å². The third-order valence-electron chi connectivity index (χ3n) is 6.40. The van der Waals surface area contributed by atoms with Gasteiger partial charge in [-0.05, 0) is 62.2 Å². The van der Waals surface area contributed by atoms with Gasteiger partial charge < -0.3 is 15.0 Å². The average Bonchev–Trinajstić information content (AvgIpc) is 2.95. The normalized spacial score (nSPS) is 12.7. The lowest BCUT2D eigenvalue weighted by atomic mass is 10.1. The topological polar surface area (TPSA) is 96.0 Å². The summed E-state index contributed by atoms with van der Waals surface area (Å²) in [5.41, 5.74) is 0.950. The molecule has 0 fully saturated rings. The van der Waals surface area contributed by atoms with Gasteiger partial charge in [-0.1, -0.05) is 61.0 Å². The Bertz CT molecular complexity index is 1370. The van der Waals surface area contributed by atoms with Gasteiger partial charge in [0.15, 0.2) is 0 Å². The first-order valence-corrected chi connectivity index (χ1v) is 14.4. The molecule has 0 aliphatic heterocycles. The zero-order valence-electron chi connectivity index (χ0n) is 22.5. The number of halogens is 1. The summed E-state index contributed by atoms with van der Waals surface area (Å²) < 4.78 is 34.2. The van der Waals surface area contributed by atoms with Gasteiger partial charge in [0.25, 0.3) is 10.0 Å². The molecule has 208 valence electrons. The maximum atomic E-state index is 14.0. The summed E-state index contributed by atoms with van der Waals surface area (Å²) in [4.78, 5) is 28.5. The van der Waals surface area contributed by atoms with Crippen LogP contribution in [0.5, 0.6) is 5.75 Å². The van der Waals surface area contributed by atoms with E-state index in [-0.39, 0.29) is 34.8 Å². The van der Waals surface area contributed by atoms with Crippen LogP contribution in [0, 0.1) is 0 Å². The SMILES string of the molecule is CC[C@H](C)NC(=O)[C@H](C)N(Cc1ccc(Cl)cc1)C(=O)CN(c1ccccc1OC)S(=O)(=O)c1ccccc1. The molecule has 0 aromatic heterocycles. The van der Waals surface area contributed by atoms with Crippen molar-refractivity contribution in [1.29, 1.82) is 0 Å². The number of amides is 2.